The van der Waals surface area contributed by atoms with Crippen molar-refractivity contribution in [1.29, 1.82) is 0 Å². The van der Waals surface area contributed by atoms with Crippen LogP contribution in [0, 0.1) is 0 Å². The first-order chi connectivity index (χ1) is 29.9. The van der Waals surface area contributed by atoms with Crippen LogP contribution in [0.15, 0.2) is 182 Å². The average Bonchev–Trinajstić information content (AvgIpc) is 3.90. The summed E-state index contributed by atoms with van der Waals surface area (Å²) in [6.45, 7) is 12.4. The predicted octanol–water partition coefficient (Wildman–Crippen LogP) is 10.1. The zero-order chi connectivity index (χ0) is 42.1. The highest BCUT2D eigenvalue weighted by atomic mass is 15.2. The summed E-state index contributed by atoms with van der Waals surface area (Å²) in [5, 5.41) is 14.8. The fourth-order valence-corrected chi connectivity index (χ4v) is 9.78. The number of fused-ring (bicyclic) bond motifs is 9. The maximum absolute atomic E-state index is 5.40. The molecular weight excluding hydrogens is 759 g/mol. The van der Waals surface area contributed by atoms with Gasteiger partial charge < -0.3 is 4.90 Å². The molecule has 0 N–H and O–H groups in total. The summed E-state index contributed by atoms with van der Waals surface area (Å²) in [5.41, 5.74) is 4.98. The summed E-state index contributed by atoms with van der Waals surface area (Å²) in [6.07, 6.45) is 0. The Hall–Kier alpha value is -7.38. The Kier molecular flexibility index (Phi) is 7.54. The van der Waals surface area contributed by atoms with Gasteiger partial charge in [-0.15, -0.1) is 0 Å². The molecule has 0 aliphatic carbocycles. The lowest BCUT2D eigenvalue weighted by Gasteiger charge is -2.26. The molecule has 0 aromatic heterocycles. The monoisotopic (exact) mass is 801 g/mol. The summed E-state index contributed by atoms with van der Waals surface area (Å²) >= 11 is 0. The normalized spacial score (nSPS) is 16.1. The molecule has 7 heteroatoms. The largest absolute Gasteiger partial charge is 0.304 e. The van der Waals surface area contributed by atoms with Gasteiger partial charge in [-0.25, -0.2) is 0 Å². The molecule has 7 nitrogen and oxygen atoms in total. The van der Waals surface area contributed by atoms with E-state index in [0.717, 1.165) is 71.5 Å². The third kappa shape index (κ3) is 5.72. The van der Waals surface area contributed by atoms with Gasteiger partial charge in [-0.05, 0) is 144 Å². The van der Waals surface area contributed by atoms with Crippen molar-refractivity contribution >= 4 is 60.2 Å². The van der Waals surface area contributed by atoms with Gasteiger partial charge in [-0.2, -0.15) is 0 Å². The van der Waals surface area contributed by atoms with E-state index in [0.29, 0.717) is 0 Å². The highest BCUT2D eigenvalue weighted by molar-refractivity contribution is 6.09. The zero-order valence-corrected chi connectivity index (χ0v) is 35.6. The molecule has 3 aliphatic rings. The number of benzene rings is 9. The Morgan fingerprint density at radius 2 is 0.726 bits per heavy atom. The molecule has 0 fully saturated rings. The van der Waals surface area contributed by atoms with E-state index in [2.05, 4.69) is 184 Å². The van der Waals surface area contributed by atoms with Gasteiger partial charge in [0, 0.05) is 11.1 Å². The van der Waals surface area contributed by atoms with Crippen molar-refractivity contribution in [2.45, 2.75) is 58.5 Å². The van der Waals surface area contributed by atoms with Crippen molar-refractivity contribution in [1.82, 2.24) is 0 Å². The standard InChI is InChI=1S/C55H43N7/c1-53(2)56-44-16-11-17-45(50(44)59-53)62(46-28-26-40(48-51(46)60-54(3,4)57-48)36-24-22-34-20-18-32-12-7-9-14-38(32)42(34)30-36)47-29-27-41(49-52(47)61-55(5,6)58-49)37-25-23-35-21-19-33-13-8-10-15-39(33)43(35)31-37/h7-31H,1-6H3. The molecule has 0 amide bonds. The minimum absolute atomic E-state index is 0.606. The number of hydrogen-bond acceptors (Lipinski definition) is 7. The van der Waals surface area contributed by atoms with Crippen LogP contribution in [0.3, 0.4) is 0 Å². The Morgan fingerprint density at radius 1 is 0.323 bits per heavy atom. The van der Waals surface area contributed by atoms with E-state index in [1.807, 2.05) is 13.8 Å². The molecule has 0 spiro atoms. The third-order valence-electron chi connectivity index (χ3n) is 12.4. The molecule has 0 saturated heterocycles. The second-order valence-corrected chi connectivity index (χ2v) is 18.2. The highest BCUT2D eigenvalue weighted by Gasteiger charge is 2.31. The lowest BCUT2D eigenvalue weighted by atomic mass is 9.96. The Labute approximate surface area is 358 Å². The second-order valence-electron chi connectivity index (χ2n) is 18.2. The van der Waals surface area contributed by atoms with Gasteiger partial charge in [0.2, 0.25) is 0 Å². The smallest absolute Gasteiger partial charge is 0.146 e. The maximum Gasteiger partial charge on any atom is 0.146 e. The van der Waals surface area contributed by atoms with E-state index in [1.165, 1.54) is 43.1 Å². The number of hydrogen-bond donors (Lipinski definition) is 0. The van der Waals surface area contributed by atoms with Crippen molar-refractivity contribution in [3.8, 4) is 22.3 Å². The van der Waals surface area contributed by atoms with Gasteiger partial charge in [0.1, 0.15) is 33.1 Å². The number of rotatable bonds is 5. The summed E-state index contributed by atoms with van der Waals surface area (Å²) < 4.78 is 0. The molecule has 3 aliphatic heterocycles. The molecular formula is C55H43N7. The van der Waals surface area contributed by atoms with Crippen LogP contribution in [-0.2, 0) is 0 Å². The lowest BCUT2D eigenvalue weighted by Crippen LogP contribution is -2.38. The molecule has 0 saturated carbocycles. The third-order valence-corrected chi connectivity index (χ3v) is 12.4. The highest BCUT2D eigenvalue weighted by Crippen LogP contribution is 2.35. The lowest BCUT2D eigenvalue weighted by molar-refractivity contribution is 0.549. The fraction of sp³-hybridized carbons (Fsp3) is 0.164. The van der Waals surface area contributed by atoms with Gasteiger partial charge in [-0.1, -0.05) is 103 Å². The zero-order valence-electron chi connectivity index (χ0n) is 35.6. The van der Waals surface area contributed by atoms with Crippen LogP contribution >= 0.6 is 0 Å². The van der Waals surface area contributed by atoms with E-state index in [1.54, 1.807) is 0 Å². The van der Waals surface area contributed by atoms with Crippen molar-refractivity contribution in [2.75, 3.05) is 4.90 Å². The molecule has 3 heterocycles. The summed E-state index contributed by atoms with van der Waals surface area (Å²) in [4.78, 5) is 34.0. The minimum atomic E-state index is -0.684. The van der Waals surface area contributed by atoms with E-state index in [9.17, 15) is 0 Å². The SMILES string of the molecule is CC1(C)N=c2cccc(N(c3ccc(-c4ccc5ccc6ccccc6c5c4)c4c3=NC(C)(C)N=4)c3ccc(-c4ccc5ccc6ccccc6c5c4)c4c3=NC(C)(C)N=4)c2=N1. The summed E-state index contributed by atoms with van der Waals surface area (Å²) in [6, 6.07) is 54.5. The van der Waals surface area contributed by atoms with Gasteiger partial charge in [0.15, 0.2) is 0 Å². The molecule has 0 bridgehead atoms. The van der Waals surface area contributed by atoms with Gasteiger partial charge in [-0.3, -0.25) is 30.0 Å². The van der Waals surface area contributed by atoms with Gasteiger partial charge >= 0.3 is 0 Å². The van der Waals surface area contributed by atoms with Crippen LogP contribution in [0.5, 0.6) is 0 Å². The first-order valence-electron chi connectivity index (χ1n) is 21.4. The predicted molar refractivity (Wildman–Crippen MR) is 251 cm³/mol. The van der Waals surface area contributed by atoms with Gasteiger partial charge in [0.25, 0.3) is 0 Å². The van der Waals surface area contributed by atoms with Crippen molar-refractivity contribution in [3.05, 3.63) is 184 Å². The van der Waals surface area contributed by atoms with E-state index in [-0.39, 0.29) is 0 Å². The van der Waals surface area contributed by atoms with Crippen LogP contribution in [-0.4, -0.2) is 17.0 Å². The number of anilines is 3. The fourth-order valence-electron chi connectivity index (χ4n) is 9.78. The van der Waals surface area contributed by atoms with Crippen molar-refractivity contribution in [3.63, 3.8) is 0 Å². The van der Waals surface area contributed by atoms with Gasteiger partial charge in [0.05, 0.1) is 33.1 Å². The Morgan fingerprint density at radius 3 is 1.24 bits per heavy atom. The van der Waals surface area contributed by atoms with Crippen LogP contribution in [0.25, 0.3) is 65.3 Å². The van der Waals surface area contributed by atoms with Crippen molar-refractivity contribution < 1.29 is 0 Å². The number of nitrogens with zero attached hydrogens (tertiary/aromatic N) is 7. The van der Waals surface area contributed by atoms with E-state index < -0.39 is 17.0 Å². The average molecular weight is 802 g/mol. The molecule has 0 unspecified atom stereocenters. The van der Waals surface area contributed by atoms with Crippen LogP contribution in [0.4, 0.5) is 17.1 Å². The molecule has 12 rings (SSSR count). The van der Waals surface area contributed by atoms with Crippen LogP contribution < -0.4 is 37.0 Å². The summed E-state index contributed by atoms with van der Waals surface area (Å²) in [7, 11) is 0. The van der Waals surface area contributed by atoms with E-state index in [4.69, 9.17) is 30.0 Å². The van der Waals surface area contributed by atoms with Crippen LogP contribution in [0.1, 0.15) is 41.5 Å². The molecule has 62 heavy (non-hydrogen) atoms. The second kappa shape index (κ2) is 12.8. The maximum atomic E-state index is 5.40. The molecule has 9 aromatic carbocycles. The molecule has 9 aromatic rings. The first kappa shape index (κ1) is 36.5. The first-order valence-corrected chi connectivity index (χ1v) is 21.4. The van der Waals surface area contributed by atoms with Crippen molar-refractivity contribution in [2.24, 2.45) is 30.0 Å². The Bertz CT molecular complexity index is 3650. The molecule has 0 atom stereocenters. The number of para-hydroxylation sites is 1. The minimum Gasteiger partial charge on any atom is -0.304 e. The Balaban J connectivity index is 1.12. The van der Waals surface area contributed by atoms with Crippen LogP contribution in [0.2, 0.25) is 0 Å². The topological polar surface area (TPSA) is 77.4 Å². The molecule has 298 valence electrons. The summed E-state index contributed by atoms with van der Waals surface area (Å²) in [5.74, 6) is 0. The molecule has 0 radical (unpaired) electrons. The van der Waals surface area contributed by atoms with E-state index >= 15 is 0 Å². The quantitative estimate of drug-likeness (QED) is 0.160.